The Morgan fingerprint density at radius 2 is 2.40 bits per heavy atom. The largest absolute Gasteiger partial charge is 0.497 e. The lowest BCUT2D eigenvalue weighted by Gasteiger charge is -2.04. The highest BCUT2D eigenvalue weighted by atomic mass is 32.1. The number of nitrogens with one attached hydrogen (secondary N) is 1. The minimum Gasteiger partial charge on any atom is -0.497 e. The lowest BCUT2D eigenvalue weighted by Crippen LogP contribution is -2.01. The van der Waals surface area contributed by atoms with Crippen LogP contribution in [0.1, 0.15) is 5.69 Å². The van der Waals surface area contributed by atoms with E-state index in [1.165, 1.54) is 0 Å². The lowest BCUT2D eigenvalue weighted by molar-refractivity contribution is 0.414. The number of aromatic nitrogens is 2. The maximum atomic E-state index is 5.10. The Labute approximate surface area is 92.0 Å². The molecule has 0 saturated carbocycles. The normalized spacial score (nSPS) is 9.93. The Morgan fingerprint density at radius 3 is 3.13 bits per heavy atom. The number of rotatable bonds is 4. The van der Waals surface area contributed by atoms with Crippen LogP contribution in [-0.2, 0) is 6.54 Å². The third kappa shape index (κ3) is 2.66. The first kappa shape index (κ1) is 9.92. The maximum absolute atomic E-state index is 5.10. The number of thiazole rings is 1. The van der Waals surface area contributed by atoms with Crippen LogP contribution in [-0.4, -0.2) is 17.1 Å². The number of pyridine rings is 1. The summed E-state index contributed by atoms with van der Waals surface area (Å²) >= 11 is 1.59. The zero-order valence-corrected chi connectivity index (χ0v) is 9.12. The third-order valence-electron chi connectivity index (χ3n) is 1.90. The van der Waals surface area contributed by atoms with E-state index >= 15 is 0 Å². The molecule has 2 heterocycles. The molecule has 5 heteroatoms. The summed E-state index contributed by atoms with van der Waals surface area (Å²) in [5.41, 5.74) is 2.83. The summed E-state index contributed by atoms with van der Waals surface area (Å²) in [6, 6.07) is 3.67. The fourth-order valence-corrected chi connectivity index (χ4v) is 1.70. The fourth-order valence-electron chi connectivity index (χ4n) is 1.14. The average Bonchev–Trinajstić information content (AvgIpc) is 2.79. The van der Waals surface area contributed by atoms with Gasteiger partial charge in [-0.25, -0.2) is 9.97 Å². The van der Waals surface area contributed by atoms with Gasteiger partial charge in [0.05, 0.1) is 24.9 Å². The first-order valence-corrected chi connectivity index (χ1v) is 5.44. The molecule has 2 aromatic rings. The molecular formula is C10H11N3OS. The molecule has 0 aliphatic rings. The van der Waals surface area contributed by atoms with Gasteiger partial charge in [-0.2, -0.15) is 0 Å². The molecule has 0 aromatic carbocycles. The van der Waals surface area contributed by atoms with Crippen molar-refractivity contribution in [2.75, 3.05) is 12.4 Å². The van der Waals surface area contributed by atoms with Crippen LogP contribution in [0.15, 0.2) is 29.2 Å². The van der Waals surface area contributed by atoms with E-state index in [1.54, 1.807) is 24.6 Å². The second-order valence-corrected chi connectivity index (χ2v) is 3.63. The molecule has 0 saturated heterocycles. The van der Waals surface area contributed by atoms with Gasteiger partial charge in [0.15, 0.2) is 0 Å². The maximum Gasteiger partial charge on any atom is 0.129 e. The summed E-state index contributed by atoms with van der Waals surface area (Å²) in [5.74, 6) is 1.59. The van der Waals surface area contributed by atoms with Crippen LogP contribution < -0.4 is 10.1 Å². The molecule has 0 aliphatic heterocycles. The molecule has 0 radical (unpaired) electrons. The Bertz CT molecular complexity index is 416. The summed E-state index contributed by atoms with van der Waals surface area (Å²) in [6.45, 7) is 0.684. The van der Waals surface area contributed by atoms with E-state index in [4.69, 9.17) is 4.74 Å². The highest BCUT2D eigenvalue weighted by Gasteiger charge is 1.98. The predicted molar refractivity (Wildman–Crippen MR) is 60.2 cm³/mol. The molecule has 0 unspecified atom stereocenters. The van der Waals surface area contributed by atoms with Crippen LogP contribution in [0.2, 0.25) is 0 Å². The monoisotopic (exact) mass is 221 g/mol. The van der Waals surface area contributed by atoms with Crippen molar-refractivity contribution in [2.45, 2.75) is 6.54 Å². The molecule has 78 valence electrons. The second kappa shape index (κ2) is 4.75. The van der Waals surface area contributed by atoms with E-state index in [9.17, 15) is 0 Å². The Hall–Kier alpha value is -1.62. The first-order chi connectivity index (χ1) is 7.38. The zero-order valence-electron chi connectivity index (χ0n) is 8.30. The lowest BCUT2D eigenvalue weighted by atomic mass is 10.4. The Morgan fingerprint density at radius 1 is 1.47 bits per heavy atom. The van der Waals surface area contributed by atoms with Gasteiger partial charge in [-0.1, -0.05) is 0 Å². The summed E-state index contributed by atoms with van der Waals surface area (Å²) in [4.78, 5) is 8.34. The van der Waals surface area contributed by atoms with Crippen LogP contribution in [0.25, 0.3) is 0 Å². The van der Waals surface area contributed by atoms with E-state index in [1.807, 2.05) is 23.0 Å². The summed E-state index contributed by atoms with van der Waals surface area (Å²) < 4.78 is 5.10. The van der Waals surface area contributed by atoms with Crippen LogP contribution in [0.5, 0.6) is 5.75 Å². The van der Waals surface area contributed by atoms with Gasteiger partial charge in [0, 0.05) is 17.6 Å². The van der Waals surface area contributed by atoms with Gasteiger partial charge in [-0.3, -0.25) is 0 Å². The van der Waals surface area contributed by atoms with Crippen molar-refractivity contribution in [3.05, 3.63) is 34.9 Å². The van der Waals surface area contributed by atoms with Crippen molar-refractivity contribution in [3.8, 4) is 5.75 Å². The molecule has 0 atom stereocenters. The number of hydrogen-bond acceptors (Lipinski definition) is 5. The molecule has 2 rings (SSSR count). The molecular weight excluding hydrogens is 210 g/mol. The topological polar surface area (TPSA) is 47.0 Å². The molecule has 0 spiro atoms. The summed E-state index contributed by atoms with van der Waals surface area (Å²) in [5, 5.41) is 5.18. The van der Waals surface area contributed by atoms with E-state index in [2.05, 4.69) is 15.3 Å². The summed E-state index contributed by atoms with van der Waals surface area (Å²) in [7, 11) is 1.64. The van der Waals surface area contributed by atoms with E-state index in [0.717, 1.165) is 17.3 Å². The molecule has 0 aliphatic carbocycles. The molecule has 1 N–H and O–H groups in total. The fraction of sp³-hybridized carbons (Fsp3) is 0.200. The standard InChI is InChI=1S/C10H11N3OS/c1-14-9-2-3-11-10(4-9)12-5-8-6-15-7-13-8/h2-4,6-7H,5H2,1H3,(H,11,12). The zero-order chi connectivity index (χ0) is 10.5. The molecule has 4 nitrogen and oxygen atoms in total. The third-order valence-corrected chi connectivity index (χ3v) is 2.54. The molecule has 15 heavy (non-hydrogen) atoms. The SMILES string of the molecule is COc1ccnc(NCc2cscn2)c1. The van der Waals surface area contributed by atoms with Gasteiger partial charge < -0.3 is 10.1 Å². The van der Waals surface area contributed by atoms with E-state index in [0.29, 0.717) is 6.54 Å². The average molecular weight is 221 g/mol. The highest BCUT2D eigenvalue weighted by Crippen LogP contribution is 2.14. The van der Waals surface area contributed by atoms with Crippen LogP contribution >= 0.6 is 11.3 Å². The Kier molecular flexibility index (Phi) is 3.14. The quantitative estimate of drug-likeness (QED) is 0.859. The molecule has 2 aromatic heterocycles. The van der Waals surface area contributed by atoms with Gasteiger partial charge in [0.2, 0.25) is 0 Å². The molecule has 0 bridgehead atoms. The van der Waals surface area contributed by atoms with Crippen molar-refractivity contribution >= 4 is 17.2 Å². The number of ether oxygens (including phenoxy) is 1. The predicted octanol–water partition coefficient (Wildman–Crippen LogP) is 2.16. The second-order valence-electron chi connectivity index (χ2n) is 2.91. The van der Waals surface area contributed by atoms with Gasteiger partial charge in [0.1, 0.15) is 11.6 Å². The van der Waals surface area contributed by atoms with Crippen molar-refractivity contribution in [1.29, 1.82) is 0 Å². The van der Waals surface area contributed by atoms with Gasteiger partial charge in [-0.15, -0.1) is 11.3 Å². The van der Waals surface area contributed by atoms with Crippen LogP contribution in [0.3, 0.4) is 0 Å². The van der Waals surface area contributed by atoms with Crippen molar-refractivity contribution in [1.82, 2.24) is 9.97 Å². The van der Waals surface area contributed by atoms with Crippen LogP contribution in [0.4, 0.5) is 5.82 Å². The van der Waals surface area contributed by atoms with Gasteiger partial charge in [-0.05, 0) is 6.07 Å². The number of nitrogens with zero attached hydrogens (tertiary/aromatic N) is 2. The number of hydrogen-bond donors (Lipinski definition) is 1. The van der Waals surface area contributed by atoms with Crippen molar-refractivity contribution in [3.63, 3.8) is 0 Å². The van der Waals surface area contributed by atoms with E-state index < -0.39 is 0 Å². The van der Waals surface area contributed by atoms with Gasteiger partial charge >= 0.3 is 0 Å². The minimum atomic E-state index is 0.684. The minimum absolute atomic E-state index is 0.684. The van der Waals surface area contributed by atoms with E-state index in [-0.39, 0.29) is 0 Å². The number of methoxy groups -OCH3 is 1. The Balaban J connectivity index is 1.98. The van der Waals surface area contributed by atoms with Crippen molar-refractivity contribution in [2.24, 2.45) is 0 Å². The first-order valence-electron chi connectivity index (χ1n) is 4.49. The van der Waals surface area contributed by atoms with Crippen LogP contribution in [0, 0.1) is 0 Å². The molecule has 0 amide bonds. The number of anilines is 1. The smallest absolute Gasteiger partial charge is 0.129 e. The highest BCUT2D eigenvalue weighted by molar-refractivity contribution is 7.07. The van der Waals surface area contributed by atoms with Crippen molar-refractivity contribution < 1.29 is 4.74 Å². The summed E-state index contributed by atoms with van der Waals surface area (Å²) in [6.07, 6.45) is 1.71. The van der Waals surface area contributed by atoms with Gasteiger partial charge in [0.25, 0.3) is 0 Å². The molecule has 0 fully saturated rings.